The first-order chi connectivity index (χ1) is 14.1. The van der Waals surface area contributed by atoms with Crippen LogP contribution in [0.25, 0.3) is 0 Å². The second kappa shape index (κ2) is 10.4. The molecule has 6 heteroatoms. The van der Waals surface area contributed by atoms with Crippen LogP contribution in [0.5, 0.6) is 0 Å². The summed E-state index contributed by atoms with van der Waals surface area (Å²) in [5.74, 6) is 1.25. The lowest BCUT2D eigenvalue weighted by Crippen LogP contribution is -2.39. The third-order valence-corrected chi connectivity index (χ3v) is 4.75. The van der Waals surface area contributed by atoms with Crippen molar-refractivity contribution in [3.05, 3.63) is 83.4 Å². The zero-order valence-corrected chi connectivity index (χ0v) is 17.5. The van der Waals surface area contributed by atoms with E-state index in [0.717, 1.165) is 19.0 Å². The van der Waals surface area contributed by atoms with E-state index in [2.05, 4.69) is 90.0 Å². The average molecular weight is 391 g/mol. The highest BCUT2D eigenvalue weighted by atomic mass is 15.3. The maximum Gasteiger partial charge on any atom is 0.191 e. The summed E-state index contributed by atoms with van der Waals surface area (Å²) in [6.07, 6.45) is 3.29. The summed E-state index contributed by atoms with van der Waals surface area (Å²) in [6, 6.07) is 17.1. The Morgan fingerprint density at radius 3 is 2.69 bits per heavy atom. The normalized spacial score (nSPS) is 12.6. The summed E-state index contributed by atoms with van der Waals surface area (Å²) in [5, 5.41) is 11.0. The molecule has 29 heavy (non-hydrogen) atoms. The molecule has 0 saturated carbocycles. The molecular weight excluding hydrogens is 360 g/mol. The number of benzene rings is 2. The number of hydrogen-bond acceptors (Lipinski definition) is 3. The molecule has 1 unspecified atom stereocenters. The van der Waals surface area contributed by atoms with E-state index in [0.29, 0.717) is 19.0 Å². The predicted octanol–water partition coefficient (Wildman–Crippen LogP) is 3.49. The van der Waals surface area contributed by atoms with Crippen molar-refractivity contribution in [2.24, 2.45) is 4.99 Å². The largest absolute Gasteiger partial charge is 0.357 e. The third kappa shape index (κ3) is 6.45. The lowest BCUT2D eigenvalue weighted by molar-refractivity contribution is 0.684. The van der Waals surface area contributed by atoms with E-state index in [1.807, 2.05) is 4.68 Å². The maximum absolute atomic E-state index is 4.76. The summed E-state index contributed by atoms with van der Waals surface area (Å²) in [4.78, 5) is 8.76. The molecule has 0 aliphatic carbocycles. The first-order valence-electron chi connectivity index (χ1n) is 10.1. The van der Waals surface area contributed by atoms with Crippen molar-refractivity contribution < 1.29 is 0 Å². The Balaban J connectivity index is 1.60. The molecule has 6 nitrogen and oxygen atoms in total. The molecule has 0 amide bonds. The minimum atomic E-state index is 0.407. The molecule has 1 heterocycles. The van der Waals surface area contributed by atoms with Crippen LogP contribution in [0.2, 0.25) is 0 Å². The SMILES string of the molecule is CCNC(=NCc1cccc(Cn2cncn2)c1)NCC(C)c1cccc(C)c1. The number of hydrogen-bond donors (Lipinski definition) is 2. The van der Waals surface area contributed by atoms with Gasteiger partial charge in [-0.3, -0.25) is 0 Å². The Bertz CT molecular complexity index is 917. The number of nitrogens with zero attached hydrogens (tertiary/aromatic N) is 4. The summed E-state index contributed by atoms with van der Waals surface area (Å²) >= 11 is 0. The Hall–Kier alpha value is -3.15. The van der Waals surface area contributed by atoms with Gasteiger partial charge in [0, 0.05) is 13.1 Å². The van der Waals surface area contributed by atoms with Gasteiger partial charge in [-0.15, -0.1) is 0 Å². The first kappa shape index (κ1) is 20.6. The zero-order valence-electron chi connectivity index (χ0n) is 17.5. The fraction of sp³-hybridized carbons (Fsp3) is 0.348. The molecule has 152 valence electrons. The number of aryl methyl sites for hydroxylation is 1. The van der Waals surface area contributed by atoms with Gasteiger partial charge in [0.05, 0.1) is 13.1 Å². The standard InChI is InChI=1S/C23H30N6/c1-4-25-23(26-13-19(3)22-10-5-7-18(2)11-22)27-14-20-8-6-9-21(12-20)15-29-17-24-16-28-29/h5-12,16-17,19H,4,13-15H2,1-3H3,(H2,25,26,27). The Morgan fingerprint density at radius 1 is 1.10 bits per heavy atom. The van der Waals surface area contributed by atoms with Gasteiger partial charge in [0.1, 0.15) is 12.7 Å². The van der Waals surface area contributed by atoms with Gasteiger partial charge < -0.3 is 10.6 Å². The van der Waals surface area contributed by atoms with Gasteiger partial charge in [0.2, 0.25) is 0 Å². The van der Waals surface area contributed by atoms with Crippen LogP contribution >= 0.6 is 0 Å². The van der Waals surface area contributed by atoms with Crippen molar-refractivity contribution in [3.8, 4) is 0 Å². The highest BCUT2D eigenvalue weighted by Gasteiger charge is 2.07. The molecule has 1 atom stereocenters. The quantitative estimate of drug-likeness (QED) is 0.456. The van der Waals surface area contributed by atoms with Gasteiger partial charge in [-0.2, -0.15) is 5.10 Å². The fourth-order valence-electron chi connectivity index (χ4n) is 3.18. The van der Waals surface area contributed by atoms with Crippen LogP contribution in [-0.4, -0.2) is 33.8 Å². The monoisotopic (exact) mass is 390 g/mol. The van der Waals surface area contributed by atoms with Gasteiger partial charge in [-0.1, -0.05) is 61.0 Å². The summed E-state index contributed by atoms with van der Waals surface area (Å²) in [7, 11) is 0. The maximum atomic E-state index is 4.76. The molecule has 0 bridgehead atoms. The summed E-state index contributed by atoms with van der Waals surface area (Å²) in [5.41, 5.74) is 5.00. The van der Waals surface area contributed by atoms with Gasteiger partial charge in [0.25, 0.3) is 0 Å². The topological polar surface area (TPSA) is 67.1 Å². The molecule has 0 radical (unpaired) electrons. The van der Waals surface area contributed by atoms with Crippen molar-refractivity contribution in [2.75, 3.05) is 13.1 Å². The van der Waals surface area contributed by atoms with Crippen LogP contribution in [0.15, 0.2) is 66.2 Å². The molecule has 3 aromatic rings. The molecule has 0 aliphatic rings. The van der Waals surface area contributed by atoms with Gasteiger partial charge >= 0.3 is 0 Å². The zero-order chi connectivity index (χ0) is 20.5. The summed E-state index contributed by atoms with van der Waals surface area (Å²) in [6.45, 7) is 9.45. The lowest BCUT2D eigenvalue weighted by Gasteiger charge is -2.16. The van der Waals surface area contributed by atoms with Crippen LogP contribution in [0.3, 0.4) is 0 Å². The molecule has 2 aromatic carbocycles. The molecule has 0 fully saturated rings. The fourth-order valence-corrected chi connectivity index (χ4v) is 3.18. The molecule has 1 aromatic heterocycles. The van der Waals surface area contributed by atoms with Crippen LogP contribution < -0.4 is 10.6 Å². The number of nitrogens with one attached hydrogen (secondary N) is 2. The molecule has 0 spiro atoms. The van der Waals surface area contributed by atoms with E-state index >= 15 is 0 Å². The molecule has 0 saturated heterocycles. The van der Waals surface area contributed by atoms with Crippen molar-refractivity contribution in [1.82, 2.24) is 25.4 Å². The van der Waals surface area contributed by atoms with Crippen LogP contribution in [-0.2, 0) is 13.1 Å². The smallest absolute Gasteiger partial charge is 0.191 e. The minimum Gasteiger partial charge on any atom is -0.357 e. The Morgan fingerprint density at radius 2 is 1.93 bits per heavy atom. The van der Waals surface area contributed by atoms with E-state index in [1.54, 1.807) is 12.7 Å². The van der Waals surface area contributed by atoms with Crippen LogP contribution in [0, 0.1) is 6.92 Å². The second-order valence-corrected chi connectivity index (χ2v) is 7.30. The predicted molar refractivity (Wildman–Crippen MR) is 118 cm³/mol. The molecule has 0 aliphatic heterocycles. The number of aliphatic imine (C=N–C) groups is 1. The Kier molecular flexibility index (Phi) is 7.39. The van der Waals surface area contributed by atoms with Crippen molar-refractivity contribution in [3.63, 3.8) is 0 Å². The van der Waals surface area contributed by atoms with E-state index < -0.39 is 0 Å². The van der Waals surface area contributed by atoms with Gasteiger partial charge in [-0.25, -0.2) is 14.7 Å². The van der Waals surface area contributed by atoms with E-state index in [1.165, 1.54) is 22.3 Å². The van der Waals surface area contributed by atoms with Crippen molar-refractivity contribution in [1.29, 1.82) is 0 Å². The van der Waals surface area contributed by atoms with E-state index in [9.17, 15) is 0 Å². The highest BCUT2D eigenvalue weighted by Crippen LogP contribution is 2.15. The van der Waals surface area contributed by atoms with Crippen molar-refractivity contribution >= 4 is 5.96 Å². The first-order valence-corrected chi connectivity index (χ1v) is 10.1. The number of aromatic nitrogens is 3. The van der Waals surface area contributed by atoms with Crippen molar-refractivity contribution in [2.45, 2.75) is 39.8 Å². The lowest BCUT2D eigenvalue weighted by atomic mass is 9.99. The average Bonchev–Trinajstić information content (AvgIpc) is 3.23. The van der Waals surface area contributed by atoms with Gasteiger partial charge in [-0.05, 0) is 36.5 Å². The number of guanidine groups is 1. The van der Waals surface area contributed by atoms with E-state index in [4.69, 9.17) is 4.99 Å². The number of rotatable bonds is 8. The second-order valence-electron chi connectivity index (χ2n) is 7.30. The Labute approximate surface area is 173 Å². The molecule has 3 rings (SSSR count). The van der Waals surface area contributed by atoms with Crippen LogP contribution in [0.4, 0.5) is 0 Å². The molecule has 2 N–H and O–H groups in total. The van der Waals surface area contributed by atoms with E-state index in [-0.39, 0.29) is 0 Å². The van der Waals surface area contributed by atoms with Crippen LogP contribution in [0.1, 0.15) is 42.0 Å². The minimum absolute atomic E-state index is 0.407. The molecular formula is C23H30N6. The third-order valence-electron chi connectivity index (χ3n) is 4.75. The highest BCUT2D eigenvalue weighted by molar-refractivity contribution is 5.79. The van der Waals surface area contributed by atoms with Gasteiger partial charge in [0.15, 0.2) is 5.96 Å². The summed E-state index contributed by atoms with van der Waals surface area (Å²) < 4.78 is 1.82.